The molecule has 1 aliphatic carbocycles. The number of imidazole rings is 1. The maximum absolute atomic E-state index is 13.0. The van der Waals surface area contributed by atoms with Crippen LogP contribution in [0.5, 0.6) is 0 Å². The van der Waals surface area contributed by atoms with Crippen LogP contribution in [0, 0.1) is 0 Å². The number of rotatable bonds is 2. The molecule has 8 nitrogen and oxygen atoms in total. The largest absolute Gasteiger partial charge is 0.364 e. The third-order valence-corrected chi connectivity index (χ3v) is 4.93. The quantitative estimate of drug-likeness (QED) is 0.854. The lowest BCUT2D eigenvalue weighted by molar-refractivity contribution is 0.0694. The van der Waals surface area contributed by atoms with Gasteiger partial charge in [0.05, 0.1) is 18.4 Å². The first-order valence-electron chi connectivity index (χ1n) is 8.24. The normalized spacial score (nSPS) is 16.6. The monoisotopic (exact) mass is 328 g/mol. The fourth-order valence-electron chi connectivity index (χ4n) is 3.73. The maximum atomic E-state index is 13.0. The number of aryl methyl sites for hydroxylation is 2. The van der Waals surface area contributed by atoms with Crippen LogP contribution in [0.4, 0.5) is 0 Å². The van der Waals surface area contributed by atoms with Crippen LogP contribution in [0.15, 0.2) is 6.20 Å². The van der Waals surface area contributed by atoms with Gasteiger partial charge >= 0.3 is 0 Å². The SMILES string of the molecule is Cn1nc2c(c1C(=O)N1CCn3c(C(N)=O)cnc3C1)CCCC2. The highest BCUT2D eigenvalue weighted by atomic mass is 16.2. The highest BCUT2D eigenvalue weighted by Gasteiger charge is 2.30. The molecule has 0 bridgehead atoms. The molecule has 1 aliphatic heterocycles. The highest BCUT2D eigenvalue weighted by Crippen LogP contribution is 2.26. The third kappa shape index (κ3) is 2.21. The van der Waals surface area contributed by atoms with Gasteiger partial charge in [0.15, 0.2) is 0 Å². The highest BCUT2D eigenvalue weighted by molar-refractivity contribution is 5.94. The molecule has 4 rings (SSSR count). The first-order valence-corrected chi connectivity index (χ1v) is 8.24. The zero-order valence-corrected chi connectivity index (χ0v) is 13.7. The number of nitrogens with two attached hydrogens (primary N) is 1. The van der Waals surface area contributed by atoms with E-state index in [2.05, 4.69) is 10.1 Å². The van der Waals surface area contributed by atoms with E-state index in [9.17, 15) is 9.59 Å². The molecule has 0 saturated heterocycles. The molecule has 24 heavy (non-hydrogen) atoms. The summed E-state index contributed by atoms with van der Waals surface area (Å²) in [7, 11) is 1.83. The van der Waals surface area contributed by atoms with Crippen molar-refractivity contribution in [3.8, 4) is 0 Å². The van der Waals surface area contributed by atoms with Gasteiger partial charge in [-0.3, -0.25) is 14.3 Å². The van der Waals surface area contributed by atoms with Crippen molar-refractivity contribution in [1.82, 2.24) is 24.2 Å². The minimum atomic E-state index is -0.491. The van der Waals surface area contributed by atoms with Crippen LogP contribution in [-0.2, 0) is 33.0 Å². The Balaban J connectivity index is 1.62. The van der Waals surface area contributed by atoms with Crippen molar-refractivity contribution in [2.24, 2.45) is 12.8 Å². The van der Waals surface area contributed by atoms with Gasteiger partial charge in [-0.05, 0) is 25.7 Å². The van der Waals surface area contributed by atoms with Gasteiger partial charge in [0, 0.05) is 25.7 Å². The van der Waals surface area contributed by atoms with Gasteiger partial charge in [-0.15, -0.1) is 0 Å². The Hall–Kier alpha value is -2.64. The molecule has 3 heterocycles. The molecule has 2 N–H and O–H groups in total. The number of amides is 2. The molecule has 8 heteroatoms. The van der Waals surface area contributed by atoms with Crippen LogP contribution in [-0.4, -0.2) is 42.6 Å². The van der Waals surface area contributed by atoms with Gasteiger partial charge < -0.3 is 15.2 Å². The first-order chi connectivity index (χ1) is 11.6. The zero-order valence-electron chi connectivity index (χ0n) is 13.7. The Kier molecular flexibility index (Phi) is 3.40. The summed E-state index contributed by atoms with van der Waals surface area (Å²) < 4.78 is 3.51. The van der Waals surface area contributed by atoms with Gasteiger partial charge in [-0.2, -0.15) is 5.10 Å². The molecule has 126 valence electrons. The van der Waals surface area contributed by atoms with Crippen molar-refractivity contribution >= 4 is 11.8 Å². The summed E-state index contributed by atoms with van der Waals surface area (Å²) in [5.74, 6) is 0.191. The van der Waals surface area contributed by atoms with Gasteiger partial charge in [0.1, 0.15) is 17.2 Å². The van der Waals surface area contributed by atoms with Crippen molar-refractivity contribution in [2.75, 3.05) is 6.54 Å². The van der Waals surface area contributed by atoms with Crippen molar-refractivity contribution < 1.29 is 9.59 Å². The lowest BCUT2D eigenvalue weighted by Crippen LogP contribution is -2.40. The van der Waals surface area contributed by atoms with E-state index in [0.717, 1.165) is 36.9 Å². The van der Waals surface area contributed by atoms with Crippen LogP contribution in [0.3, 0.4) is 0 Å². The number of primary amides is 1. The third-order valence-electron chi connectivity index (χ3n) is 4.93. The topological polar surface area (TPSA) is 99.0 Å². The lowest BCUT2D eigenvalue weighted by atomic mass is 9.95. The van der Waals surface area contributed by atoms with Crippen LogP contribution in [0.25, 0.3) is 0 Å². The van der Waals surface area contributed by atoms with E-state index in [-0.39, 0.29) is 5.91 Å². The van der Waals surface area contributed by atoms with Crippen molar-refractivity contribution in [2.45, 2.75) is 38.8 Å². The number of carbonyl (C=O) groups excluding carboxylic acids is 2. The lowest BCUT2D eigenvalue weighted by Gasteiger charge is -2.28. The average Bonchev–Trinajstić information content (AvgIpc) is 3.13. The molecular formula is C16H20N6O2. The number of fused-ring (bicyclic) bond motifs is 2. The second-order valence-corrected chi connectivity index (χ2v) is 6.41. The second-order valence-electron chi connectivity index (χ2n) is 6.41. The smallest absolute Gasteiger partial charge is 0.272 e. The van der Waals surface area contributed by atoms with E-state index < -0.39 is 5.91 Å². The Morgan fingerprint density at radius 3 is 2.79 bits per heavy atom. The minimum absolute atomic E-state index is 0.0111. The molecule has 0 radical (unpaired) electrons. The maximum Gasteiger partial charge on any atom is 0.272 e. The van der Waals surface area contributed by atoms with E-state index in [4.69, 9.17) is 5.73 Å². The summed E-state index contributed by atoms with van der Waals surface area (Å²) in [6.07, 6.45) is 5.58. The van der Waals surface area contributed by atoms with Gasteiger partial charge in [0.25, 0.3) is 11.8 Å². The van der Waals surface area contributed by atoms with E-state index in [0.29, 0.717) is 36.8 Å². The molecule has 0 aromatic carbocycles. The molecule has 2 amide bonds. The summed E-state index contributed by atoms with van der Waals surface area (Å²) in [6, 6.07) is 0. The van der Waals surface area contributed by atoms with E-state index >= 15 is 0 Å². The minimum Gasteiger partial charge on any atom is -0.364 e. The van der Waals surface area contributed by atoms with Crippen LogP contribution in [0.2, 0.25) is 0 Å². The molecule has 2 aliphatic rings. The van der Waals surface area contributed by atoms with Gasteiger partial charge in [0.2, 0.25) is 0 Å². The van der Waals surface area contributed by atoms with E-state index in [1.807, 2.05) is 7.05 Å². The Bertz CT molecular complexity index is 834. The standard InChI is InChI=1S/C16H20N6O2/c1-20-14(10-4-2-3-5-11(10)19-20)16(24)21-6-7-22-12(15(17)23)8-18-13(22)9-21/h8H,2-7,9H2,1H3,(H2,17,23). The average molecular weight is 328 g/mol. The number of aromatic nitrogens is 4. The summed E-state index contributed by atoms with van der Waals surface area (Å²) >= 11 is 0. The molecule has 0 unspecified atom stereocenters. The number of nitrogens with zero attached hydrogens (tertiary/aromatic N) is 5. The fourth-order valence-corrected chi connectivity index (χ4v) is 3.73. The first kappa shape index (κ1) is 14.9. The Labute approximate surface area is 139 Å². The van der Waals surface area contributed by atoms with Crippen molar-refractivity contribution in [3.63, 3.8) is 0 Å². The summed E-state index contributed by atoms with van der Waals surface area (Å²) in [5, 5.41) is 4.53. The van der Waals surface area contributed by atoms with Crippen LogP contribution >= 0.6 is 0 Å². The Morgan fingerprint density at radius 2 is 2.00 bits per heavy atom. The molecule has 0 saturated carbocycles. The predicted octanol–water partition coefficient (Wildman–Crippen LogP) is 0.250. The summed E-state index contributed by atoms with van der Waals surface area (Å²) in [5.41, 5.74) is 8.61. The molecular weight excluding hydrogens is 308 g/mol. The number of carbonyl (C=O) groups is 2. The van der Waals surface area contributed by atoms with Crippen molar-refractivity contribution in [1.29, 1.82) is 0 Å². The van der Waals surface area contributed by atoms with Gasteiger partial charge in [-0.25, -0.2) is 4.98 Å². The van der Waals surface area contributed by atoms with E-state index in [1.165, 1.54) is 6.20 Å². The summed E-state index contributed by atoms with van der Waals surface area (Å²) in [6.45, 7) is 1.44. The van der Waals surface area contributed by atoms with Crippen molar-refractivity contribution in [3.05, 3.63) is 34.7 Å². The zero-order chi connectivity index (χ0) is 16.8. The molecule has 2 aromatic rings. The van der Waals surface area contributed by atoms with E-state index in [1.54, 1.807) is 14.1 Å². The van der Waals surface area contributed by atoms with Crippen LogP contribution < -0.4 is 5.73 Å². The predicted molar refractivity (Wildman–Crippen MR) is 85.3 cm³/mol. The number of hydrogen-bond acceptors (Lipinski definition) is 4. The molecule has 0 spiro atoms. The molecule has 0 atom stereocenters. The van der Waals surface area contributed by atoms with Gasteiger partial charge in [-0.1, -0.05) is 0 Å². The van der Waals surface area contributed by atoms with Crippen LogP contribution in [0.1, 0.15) is 50.9 Å². The Morgan fingerprint density at radius 1 is 1.21 bits per heavy atom. The molecule has 2 aromatic heterocycles. The second kappa shape index (κ2) is 5.47. The molecule has 0 fully saturated rings. The number of hydrogen-bond donors (Lipinski definition) is 1. The summed E-state index contributed by atoms with van der Waals surface area (Å²) in [4.78, 5) is 30.5. The fraction of sp³-hybridized carbons (Fsp3) is 0.500.